The Morgan fingerprint density at radius 1 is 1.38 bits per heavy atom. The largest absolute Gasteiger partial charge is 0.390 e. The number of thiophene rings is 1. The molecule has 0 unspecified atom stereocenters. The Morgan fingerprint density at radius 3 is 2.88 bits per heavy atom. The Kier molecular flexibility index (Phi) is 2.40. The standard InChI is InChI=1S/C11H14N4S/c12-9-8(5-6-16-9)11-13-10(14-15-11)7-3-1-2-4-7/h5-7H,1-4,12H2,(H,13,14,15). The van der Waals surface area contributed by atoms with Crippen LogP contribution in [0.25, 0.3) is 11.4 Å². The van der Waals surface area contributed by atoms with E-state index in [1.807, 2.05) is 11.4 Å². The maximum absolute atomic E-state index is 5.86. The van der Waals surface area contributed by atoms with Gasteiger partial charge in [-0.3, -0.25) is 5.10 Å². The molecule has 0 aliphatic heterocycles. The molecule has 3 rings (SSSR count). The molecule has 16 heavy (non-hydrogen) atoms. The van der Waals surface area contributed by atoms with Gasteiger partial charge in [-0.1, -0.05) is 12.8 Å². The summed E-state index contributed by atoms with van der Waals surface area (Å²) >= 11 is 1.52. The van der Waals surface area contributed by atoms with E-state index in [1.165, 1.54) is 37.0 Å². The molecule has 4 nitrogen and oxygen atoms in total. The van der Waals surface area contributed by atoms with Gasteiger partial charge >= 0.3 is 0 Å². The van der Waals surface area contributed by atoms with Crippen molar-refractivity contribution < 1.29 is 0 Å². The summed E-state index contributed by atoms with van der Waals surface area (Å²) in [6.45, 7) is 0. The minimum atomic E-state index is 0.570. The highest BCUT2D eigenvalue weighted by molar-refractivity contribution is 7.14. The van der Waals surface area contributed by atoms with E-state index in [0.717, 1.165) is 22.2 Å². The fourth-order valence-corrected chi connectivity index (χ4v) is 2.92. The van der Waals surface area contributed by atoms with E-state index in [1.54, 1.807) is 0 Å². The highest BCUT2D eigenvalue weighted by Crippen LogP contribution is 2.34. The van der Waals surface area contributed by atoms with Gasteiger partial charge in [0, 0.05) is 5.92 Å². The molecule has 84 valence electrons. The summed E-state index contributed by atoms with van der Waals surface area (Å²) in [6, 6.07) is 1.97. The predicted molar refractivity (Wildman–Crippen MR) is 65.3 cm³/mol. The Labute approximate surface area is 97.9 Å². The Hall–Kier alpha value is -1.36. The number of nitrogens with zero attached hydrogens (tertiary/aromatic N) is 2. The van der Waals surface area contributed by atoms with Gasteiger partial charge in [-0.15, -0.1) is 11.3 Å². The van der Waals surface area contributed by atoms with Crippen molar-refractivity contribution in [2.45, 2.75) is 31.6 Å². The number of nitrogens with one attached hydrogen (secondary N) is 1. The summed E-state index contributed by atoms with van der Waals surface area (Å²) < 4.78 is 0. The molecular weight excluding hydrogens is 220 g/mol. The molecule has 1 saturated carbocycles. The smallest absolute Gasteiger partial charge is 0.184 e. The van der Waals surface area contributed by atoms with Crippen molar-refractivity contribution in [3.8, 4) is 11.4 Å². The molecule has 0 aromatic carbocycles. The molecule has 0 spiro atoms. The van der Waals surface area contributed by atoms with E-state index in [9.17, 15) is 0 Å². The monoisotopic (exact) mass is 234 g/mol. The fourth-order valence-electron chi connectivity index (χ4n) is 2.28. The lowest BCUT2D eigenvalue weighted by Crippen LogP contribution is -1.94. The van der Waals surface area contributed by atoms with Gasteiger partial charge in [0.1, 0.15) is 5.82 Å². The van der Waals surface area contributed by atoms with Gasteiger partial charge in [-0.05, 0) is 24.3 Å². The second-order valence-electron chi connectivity index (χ2n) is 4.22. The zero-order chi connectivity index (χ0) is 11.0. The molecule has 3 N–H and O–H groups in total. The number of H-pyrrole nitrogens is 1. The molecule has 0 atom stereocenters. The van der Waals surface area contributed by atoms with Crippen LogP contribution in [0.2, 0.25) is 0 Å². The van der Waals surface area contributed by atoms with Gasteiger partial charge in [-0.25, -0.2) is 4.98 Å². The zero-order valence-corrected chi connectivity index (χ0v) is 9.76. The fraction of sp³-hybridized carbons (Fsp3) is 0.455. The molecule has 0 radical (unpaired) electrons. The van der Waals surface area contributed by atoms with Crippen LogP contribution < -0.4 is 5.73 Å². The zero-order valence-electron chi connectivity index (χ0n) is 8.94. The third-order valence-electron chi connectivity index (χ3n) is 3.18. The first-order valence-corrected chi connectivity index (χ1v) is 6.48. The number of nitrogen functional groups attached to an aromatic ring is 1. The molecule has 0 saturated heterocycles. The highest BCUT2D eigenvalue weighted by Gasteiger charge is 2.21. The normalized spacial score (nSPS) is 17.0. The third kappa shape index (κ3) is 1.61. The van der Waals surface area contributed by atoms with Crippen LogP contribution in [0.5, 0.6) is 0 Å². The number of rotatable bonds is 2. The second kappa shape index (κ2) is 3.90. The van der Waals surface area contributed by atoms with Crippen LogP contribution in [-0.2, 0) is 0 Å². The lowest BCUT2D eigenvalue weighted by molar-refractivity contribution is 0.672. The number of nitrogens with two attached hydrogens (primary N) is 1. The van der Waals surface area contributed by atoms with E-state index in [-0.39, 0.29) is 0 Å². The molecule has 1 fully saturated rings. The van der Waals surface area contributed by atoms with Gasteiger partial charge < -0.3 is 5.73 Å². The van der Waals surface area contributed by atoms with E-state index in [2.05, 4.69) is 15.2 Å². The Morgan fingerprint density at radius 2 is 2.19 bits per heavy atom. The van der Waals surface area contributed by atoms with Gasteiger partial charge in [-0.2, -0.15) is 5.10 Å². The van der Waals surface area contributed by atoms with Gasteiger partial charge in [0.25, 0.3) is 0 Å². The van der Waals surface area contributed by atoms with Crippen LogP contribution >= 0.6 is 11.3 Å². The number of hydrogen-bond donors (Lipinski definition) is 2. The van der Waals surface area contributed by atoms with Crippen LogP contribution in [0.3, 0.4) is 0 Å². The first-order chi connectivity index (χ1) is 7.84. The minimum absolute atomic E-state index is 0.570. The number of anilines is 1. The lowest BCUT2D eigenvalue weighted by atomic mass is 10.1. The summed E-state index contributed by atoms with van der Waals surface area (Å²) in [5.41, 5.74) is 6.81. The highest BCUT2D eigenvalue weighted by atomic mass is 32.1. The average molecular weight is 234 g/mol. The van der Waals surface area contributed by atoms with Crippen LogP contribution in [0.1, 0.15) is 37.4 Å². The van der Waals surface area contributed by atoms with E-state index >= 15 is 0 Å². The quantitative estimate of drug-likeness (QED) is 0.839. The van der Waals surface area contributed by atoms with Crippen LogP contribution in [0.4, 0.5) is 5.00 Å². The van der Waals surface area contributed by atoms with Gasteiger partial charge in [0.15, 0.2) is 5.82 Å². The van der Waals surface area contributed by atoms with Crippen LogP contribution in [-0.4, -0.2) is 15.2 Å². The lowest BCUT2D eigenvalue weighted by Gasteiger charge is -2.01. The molecule has 1 aliphatic rings. The van der Waals surface area contributed by atoms with Gasteiger partial charge in [0.2, 0.25) is 0 Å². The molecule has 0 bridgehead atoms. The minimum Gasteiger partial charge on any atom is -0.390 e. The summed E-state index contributed by atoms with van der Waals surface area (Å²) in [4.78, 5) is 4.56. The van der Waals surface area contributed by atoms with E-state index < -0.39 is 0 Å². The first-order valence-electron chi connectivity index (χ1n) is 5.60. The van der Waals surface area contributed by atoms with Crippen molar-refractivity contribution in [3.63, 3.8) is 0 Å². The molecule has 2 aromatic rings. The molecule has 1 aliphatic carbocycles. The predicted octanol–water partition coefficient (Wildman–Crippen LogP) is 2.77. The molecule has 2 aromatic heterocycles. The van der Waals surface area contributed by atoms with Crippen molar-refractivity contribution in [3.05, 3.63) is 17.3 Å². The van der Waals surface area contributed by atoms with Crippen LogP contribution in [0, 0.1) is 0 Å². The Balaban J connectivity index is 1.90. The van der Waals surface area contributed by atoms with Crippen molar-refractivity contribution in [2.75, 3.05) is 5.73 Å². The SMILES string of the molecule is Nc1sccc1-c1n[nH]c(C2CCCC2)n1. The van der Waals surface area contributed by atoms with Crippen molar-refractivity contribution >= 4 is 16.3 Å². The van der Waals surface area contributed by atoms with Crippen molar-refractivity contribution in [2.24, 2.45) is 0 Å². The summed E-state index contributed by atoms with van der Waals surface area (Å²) in [5.74, 6) is 2.33. The average Bonchev–Trinajstić information content (AvgIpc) is 2.96. The van der Waals surface area contributed by atoms with E-state index in [4.69, 9.17) is 5.73 Å². The van der Waals surface area contributed by atoms with Crippen molar-refractivity contribution in [1.29, 1.82) is 0 Å². The second-order valence-corrected chi connectivity index (χ2v) is 5.17. The summed E-state index contributed by atoms with van der Waals surface area (Å²) in [6.07, 6.45) is 5.07. The van der Waals surface area contributed by atoms with Gasteiger partial charge in [0.05, 0.1) is 10.6 Å². The molecule has 2 heterocycles. The summed E-state index contributed by atoms with van der Waals surface area (Å²) in [7, 11) is 0. The topological polar surface area (TPSA) is 67.6 Å². The maximum Gasteiger partial charge on any atom is 0.184 e. The third-order valence-corrected chi connectivity index (χ3v) is 3.93. The first kappa shape index (κ1) is 9.84. The van der Waals surface area contributed by atoms with E-state index in [0.29, 0.717) is 5.92 Å². The number of hydrogen-bond acceptors (Lipinski definition) is 4. The van der Waals surface area contributed by atoms with Crippen molar-refractivity contribution in [1.82, 2.24) is 15.2 Å². The van der Waals surface area contributed by atoms with Crippen LogP contribution in [0.15, 0.2) is 11.4 Å². The summed E-state index contributed by atoms with van der Waals surface area (Å²) in [5, 5.41) is 10.1. The molecule has 0 amide bonds. The molecular formula is C11H14N4S. The number of aromatic amines is 1. The number of aromatic nitrogens is 3. The Bertz CT molecular complexity index is 482. The maximum atomic E-state index is 5.86. The molecule has 5 heteroatoms.